The van der Waals surface area contributed by atoms with Gasteiger partial charge in [0.05, 0.1) is 18.9 Å². The average Bonchev–Trinajstić information content (AvgIpc) is 3.38. The Morgan fingerprint density at radius 1 is 0.709 bits per heavy atom. The number of ether oxygens (including phenoxy) is 4. The maximum Gasteiger partial charge on any atom is 0.329 e. The standard InChI is InChI=1S/C44H74N2O9/c1-26(13-18-35(47)53-40(2,3)4)30-16-17-31-29-15-14-27-23-28(19-21-43(27,11)32(29)20-22-44(30,31)12)52-39(51)34(25-37(49)55-42(8,9)10)46-38(50)33(45)24-36(48)54-41(5,6)7/h26-34H,13-25,45H2,1-12H3,(H,46,50)/t26-,27?,28+,29?,30?,31+,32?,33?,34+,43?,44-/m1/s1. The molecular weight excluding hydrogens is 700 g/mol. The largest absolute Gasteiger partial charge is 0.461 e. The first-order chi connectivity index (χ1) is 25.2. The van der Waals surface area contributed by atoms with Gasteiger partial charge in [0.2, 0.25) is 5.91 Å². The van der Waals surface area contributed by atoms with E-state index in [1.54, 1.807) is 41.5 Å². The summed E-state index contributed by atoms with van der Waals surface area (Å²) in [6.07, 6.45) is 9.83. The molecule has 0 radical (unpaired) electrons. The number of hydrogen-bond donors (Lipinski definition) is 2. The quantitative estimate of drug-likeness (QED) is 0.149. The lowest BCUT2D eigenvalue weighted by molar-refractivity contribution is -0.169. The molecule has 4 fully saturated rings. The van der Waals surface area contributed by atoms with Gasteiger partial charge in [-0.15, -0.1) is 0 Å². The third kappa shape index (κ3) is 11.7. The molecule has 0 aromatic carbocycles. The van der Waals surface area contributed by atoms with Crippen LogP contribution in [0.1, 0.15) is 167 Å². The van der Waals surface area contributed by atoms with Crippen molar-refractivity contribution in [2.75, 3.05) is 0 Å². The van der Waals surface area contributed by atoms with Crippen LogP contribution in [0.5, 0.6) is 0 Å². The fraction of sp³-hybridized carbons (Fsp3) is 0.886. The highest BCUT2D eigenvalue weighted by Gasteiger charge is 2.61. The fourth-order valence-corrected chi connectivity index (χ4v) is 11.2. The van der Waals surface area contributed by atoms with Gasteiger partial charge in [0.1, 0.15) is 28.9 Å². The Balaban J connectivity index is 1.38. The molecule has 4 aliphatic rings. The van der Waals surface area contributed by atoms with Crippen LogP contribution in [0, 0.1) is 46.3 Å². The van der Waals surface area contributed by atoms with Gasteiger partial charge in [-0.1, -0.05) is 20.8 Å². The number of nitrogens with two attached hydrogens (primary N) is 1. The van der Waals surface area contributed by atoms with Crippen LogP contribution >= 0.6 is 0 Å². The molecule has 0 heterocycles. The molecule has 3 N–H and O–H groups in total. The highest BCUT2D eigenvalue weighted by atomic mass is 16.6. The van der Waals surface area contributed by atoms with Crippen LogP contribution in [0.25, 0.3) is 0 Å². The lowest BCUT2D eigenvalue weighted by atomic mass is 9.44. The first kappa shape index (κ1) is 45.0. The summed E-state index contributed by atoms with van der Waals surface area (Å²) in [5.74, 6) is 0.661. The Kier molecular flexibility index (Phi) is 13.9. The second-order valence-corrected chi connectivity index (χ2v) is 21.1. The van der Waals surface area contributed by atoms with Gasteiger partial charge in [0.25, 0.3) is 0 Å². The summed E-state index contributed by atoms with van der Waals surface area (Å²) in [6.45, 7) is 23.5. The van der Waals surface area contributed by atoms with E-state index in [4.69, 9.17) is 24.7 Å². The zero-order valence-corrected chi connectivity index (χ0v) is 36.1. The van der Waals surface area contributed by atoms with Gasteiger partial charge in [0, 0.05) is 6.42 Å². The maximum atomic E-state index is 13.7. The topological polar surface area (TPSA) is 160 Å². The van der Waals surface area contributed by atoms with Crippen LogP contribution in [0.3, 0.4) is 0 Å². The van der Waals surface area contributed by atoms with Gasteiger partial charge in [-0.25, -0.2) is 4.79 Å². The summed E-state index contributed by atoms with van der Waals surface area (Å²) in [6, 6.07) is -2.59. The molecule has 11 nitrogen and oxygen atoms in total. The van der Waals surface area contributed by atoms with E-state index in [1.165, 1.54) is 32.1 Å². The molecule has 0 aliphatic heterocycles. The lowest BCUT2D eigenvalue weighted by Crippen LogP contribution is -2.55. The van der Waals surface area contributed by atoms with Crippen LogP contribution in [-0.4, -0.2) is 64.8 Å². The van der Waals surface area contributed by atoms with Gasteiger partial charge in [-0.2, -0.15) is 0 Å². The minimum atomic E-state index is -1.31. The Bertz CT molecular complexity index is 1410. The number of hydrogen-bond acceptors (Lipinski definition) is 10. The summed E-state index contributed by atoms with van der Waals surface area (Å²) < 4.78 is 22.5. The number of esters is 4. The number of rotatable bonds is 12. The lowest BCUT2D eigenvalue weighted by Gasteiger charge is -2.61. The van der Waals surface area contributed by atoms with E-state index in [2.05, 4.69) is 26.1 Å². The van der Waals surface area contributed by atoms with Gasteiger partial charge in [0.15, 0.2) is 0 Å². The van der Waals surface area contributed by atoms with Gasteiger partial charge in [-0.3, -0.25) is 19.2 Å². The highest BCUT2D eigenvalue weighted by Crippen LogP contribution is 2.68. The van der Waals surface area contributed by atoms with Crippen LogP contribution < -0.4 is 11.1 Å². The van der Waals surface area contributed by atoms with Crippen molar-refractivity contribution >= 4 is 29.8 Å². The molecule has 0 spiro atoms. The molecule has 0 bridgehead atoms. The molecule has 4 rings (SSSR count). The van der Waals surface area contributed by atoms with E-state index in [0.29, 0.717) is 41.9 Å². The highest BCUT2D eigenvalue weighted by molar-refractivity contribution is 5.92. The van der Waals surface area contributed by atoms with E-state index in [-0.39, 0.29) is 29.3 Å². The van der Waals surface area contributed by atoms with Gasteiger partial charge < -0.3 is 30.0 Å². The minimum Gasteiger partial charge on any atom is -0.461 e. The fourth-order valence-electron chi connectivity index (χ4n) is 11.2. The zero-order chi connectivity index (χ0) is 41.3. The number of carbonyl (C=O) groups excluding carboxylic acids is 5. The molecular formula is C44H74N2O9. The predicted molar refractivity (Wildman–Crippen MR) is 210 cm³/mol. The summed E-state index contributed by atoms with van der Waals surface area (Å²) in [4.78, 5) is 64.6. The van der Waals surface area contributed by atoms with E-state index >= 15 is 0 Å². The summed E-state index contributed by atoms with van der Waals surface area (Å²) in [5.41, 5.74) is 4.51. The predicted octanol–water partition coefficient (Wildman–Crippen LogP) is 7.59. The normalized spacial score (nSPS) is 32.4. The summed E-state index contributed by atoms with van der Waals surface area (Å²) in [5, 5.41) is 2.58. The van der Waals surface area contributed by atoms with Crippen LogP contribution in [0.4, 0.5) is 0 Å². The van der Waals surface area contributed by atoms with Gasteiger partial charge in [-0.05, 0) is 173 Å². The Labute approximate surface area is 331 Å². The second kappa shape index (κ2) is 17.0. The van der Waals surface area contributed by atoms with Crippen molar-refractivity contribution in [1.82, 2.24) is 5.32 Å². The SMILES string of the molecule is C[C@H](CCC(=O)OC(C)(C)C)C1CC[C@H]2C3CCC4C[C@@H](OC(=O)[C@H](CC(=O)OC(C)(C)C)NC(=O)C(N)CC(=O)OC(C)(C)C)CCC4(C)C3CC[C@]12C. The van der Waals surface area contributed by atoms with Crippen LogP contribution in [-0.2, 0) is 42.9 Å². The van der Waals surface area contributed by atoms with Crippen molar-refractivity contribution in [2.45, 2.75) is 202 Å². The number of amides is 1. The monoisotopic (exact) mass is 775 g/mol. The van der Waals surface area contributed by atoms with E-state index in [9.17, 15) is 24.0 Å². The Morgan fingerprint density at radius 3 is 1.85 bits per heavy atom. The van der Waals surface area contributed by atoms with Crippen LogP contribution in [0.2, 0.25) is 0 Å². The maximum absolute atomic E-state index is 13.7. The zero-order valence-electron chi connectivity index (χ0n) is 36.1. The molecule has 1 amide bonds. The average molecular weight is 775 g/mol. The molecule has 11 atom stereocenters. The molecule has 0 aromatic heterocycles. The van der Waals surface area contributed by atoms with E-state index < -0.39 is 59.1 Å². The summed E-state index contributed by atoms with van der Waals surface area (Å²) >= 11 is 0. The second-order valence-electron chi connectivity index (χ2n) is 21.1. The molecule has 11 heteroatoms. The number of nitrogens with one attached hydrogen (secondary N) is 1. The molecule has 0 saturated heterocycles. The molecule has 55 heavy (non-hydrogen) atoms. The number of carbonyl (C=O) groups is 5. The first-order valence-electron chi connectivity index (χ1n) is 21.1. The third-order valence-corrected chi connectivity index (χ3v) is 13.4. The van der Waals surface area contributed by atoms with Crippen molar-refractivity contribution in [2.24, 2.45) is 52.1 Å². The van der Waals surface area contributed by atoms with Gasteiger partial charge >= 0.3 is 23.9 Å². The van der Waals surface area contributed by atoms with Crippen molar-refractivity contribution in [3.63, 3.8) is 0 Å². The van der Waals surface area contributed by atoms with Crippen molar-refractivity contribution in [3.05, 3.63) is 0 Å². The van der Waals surface area contributed by atoms with E-state index in [1.807, 2.05) is 20.8 Å². The molecule has 0 aromatic rings. The number of fused-ring (bicyclic) bond motifs is 5. The third-order valence-electron chi connectivity index (χ3n) is 13.4. The Morgan fingerprint density at radius 2 is 1.25 bits per heavy atom. The van der Waals surface area contributed by atoms with Crippen LogP contribution in [0.15, 0.2) is 0 Å². The molecule has 314 valence electrons. The molecule has 4 aliphatic carbocycles. The van der Waals surface area contributed by atoms with Crippen molar-refractivity contribution in [1.29, 1.82) is 0 Å². The smallest absolute Gasteiger partial charge is 0.329 e. The van der Waals surface area contributed by atoms with E-state index in [0.717, 1.165) is 32.1 Å². The Hall–Kier alpha value is -2.69. The van der Waals surface area contributed by atoms with Crippen molar-refractivity contribution in [3.8, 4) is 0 Å². The minimum absolute atomic E-state index is 0.0990. The molecule has 6 unspecified atom stereocenters. The molecule has 4 saturated carbocycles. The first-order valence-corrected chi connectivity index (χ1v) is 21.1. The summed E-state index contributed by atoms with van der Waals surface area (Å²) in [7, 11) is 0. The van der Waals surface area contributed by atoms with Crippen molar-refractivity contribution < 1.29 is 42.9 Å².